The number of halogens is 1. The Kier molecular flexibility index (Phi) is 25.5. The van der Waals surface area contributed by atoms with Gasteiger partial charge in [0.1, 0.15) is 12.5 Å². The Balaban J connectivity index is -0.000000770. The van der Waals surface area contributed by atoms with E-state index in [0.717, 1.165) is 11.1 Å². The molecule has 0 aliphatic carbocycles. The minimum absolute atomic E-state index is 0. The van der Waals surface area contributed by atoms with Crippen LogP contribution in [0.15, 0.2) is 30.5 Å². The maximum absolute atomic E-state index is 14.7. The zero-order chi connectivity index (χ0) is 29.2. The fourth-order valence-corrected chi connectivity index (χ4v) is 3.96. The number of nitrogens with zero attached hydrogens (tertiary/aromatic N) is 4. The molecule has 0 bridgehead atoms. The number of phosphoric ester groups is 1. The van der Waals surface area contributed by atoms with Gasteiger partial charge in [0.05, 0.1) is 27.5 Å². The van der Waals surface area contributed by atoms with Crippen LogP contribution >= 0.6 is 7.82 Å². The molecular formula is C23H40FN6Na2O15P. The van der Waals surface area contributed by atoms with E-state index in [4.69, 9.17) is 28.7 Å². The number of hydrogen-bond donors (Lipinski definition) is 4. The van der Waals surface area contributed by atoms with Gasteiger partial charge in [-0.3, -0.25) is 14.2 Å². The number of nitrogens with one attached hydrogen (secondary N) is 2. The van der Waals surface area contributed by atoms with Crippen molar-refractivity contribution in [3.63, 3.8) is 0 Å². The summed E-state index contributed by atoms with van der Waals surface area (Å²) in [5.41, 5.74) is -0.911. The number of benzene rings is 1. The summed E-state index contributed by atoms with van der Waals surface area (Å²) in [5.74, 6) is -0.550. The average molecular weight is 737 g/mol. The van der Waals surface area contributed by atoms with Crippen molar-refractivity contribution in [2.24, 2.45) is 0 Å². The van der Waals surface area contributed by atoms with Crippen molar-refractivity contribution in [1.82, 2.24) is 15.0 Å². The van der Waals surface area contributed by atoms with Gasteiger partial charge in [0.25, 0.3) is 5.91 Å². The quantitative estimate of drug-likeness (QED) is 0.118. The Bertz CT molecular complexity index is 1480. The topological polar surface area (TPSA) is 376 Å². The molecule has 1 aliphatic heterocycles. The number of aromatic nitrogens is 3. The summed E-state index contributed by atoms with van der Waals surface area (Å²) >= 11 is 0. The Morgan fingerprint density at radius 2 is 1.50 bits per heavy atom. The number of rotatable bonds is 10. The molecule has 25 heteroatoms. The predicted octanol–water partition coefficient (Wildman–Crippen LogP) is -3.15. The van der Waals surface area contributed by atoms with Crippen molar-refractivity contribution in [3.8, 4) is 23.0 Å². The van der Waals surface area contributed by atoms with Gasteiger partial charge in [-0.25, -0.2) is 18.9 Å². The molecule has 0 spiro atoms. The number of carbonyl (C=O) groups is 1. The number of phosphoric acid groups is 1. The molecule has 0 saturated heterocycles. The van der Waals surface area contributed by atoms with Gasteiger partial charge in [-0.2, -0.15) is 4.98 Å². The Morgan fingerprint density at radius 3 is 2.00 bits per heavy atom. The molecule has 48 heavy (non-hydrogen) atoms. The molecule has 1 amide bonds. The summed E-state index contributed by atoms with van der Waals surface area (Å²) < 4.78 is 52.1. The van der Waals surface area contributed by atoms with Gasteiger partial charge in [-0.1, -0.05) is 0 Å². The molecule has 0 unspecified atom stereocenters. The minimum atomic E-state index is -4.91. The number of carbonyl (C=O) groups excluding carboxylic acids is 1. The molecule has 0 atom stereocenters. The second kappa shape index (κ2) is 22.3. The maximum atomic E-state index is 14.7. The van der Waals surface area contributed by atoms with Crippen LogP contribution < -0.4 is 34.5 Å². The molecule has 0 saturated carbocycles. The van der Waals surface area contributed by atoms with E-state index in [9.17, 15) is 13.8 Å². The van der Waals surface area contributed by atoms with Crippen molar-refractivity contribution >= 4 is 102 Å². The molecule has 16 N–H and O–H groups in total. The molecule has 4 rings (SSSR count). The average Bonchev–Trinajstić information content (AvgIpc) is 2.89. The van der Waals surface area contributed by atoms with E-state index in [1.165, 1.54) is 47.3 Å². The fraction of sp³-hybridized carbons (Fsp3) is 0.304. The summed E-state index contributed by atoms with van der Waals surface area (Å²) in [6.45, 7) is 2.16. The molecule has 1 aromatic carbocycles. The van der Waals surface area contributed by atoms with Crippen LogP contribution in [0.2, 0.25) is 0 Å². The normalized spacial score (nSPS) is 11.8. The SMILES string of the molecule is COc1cc(Nc2ncc(F)c(Nc3ccc4c(n3)N(COP(=O)(O)O)C(=O)C(C)(C)O4)n2)cc(OC)c1OC.O.O.O.O.O.O.[NaH].[NaH]. The van der Waals surface area contributed by atoms with Crippen LogP contribution in [0.5, 0.6) is 23.0 Å². The van der Waals surface area contributed by atoms with Crippen molar-refractivity contribution < 1.29 is 79.9 Å². The van der Waals surface area contributed by atoms with Crippen LogP contribution in [0, 0.1) is 5.82 Å². The van der Waals surface area contributed by atoms with Crippen molar-refractivity contribution in [1.29, 1.82) is 0 Å². The van der Waals surface area contributed by atoms with E-state index in [1.54, 1.807) is 12.1 Å². The van der Waals surface area contributed by atoms with Crippen molar-refractivity contribution in [2.75, 3.05) is 43.6 Å². The van der Waals surface area contributed by atoms with Gasteiger partial charge < -0.3 is 72.2 Å². The first-order chi connectivity index (χ1) is 18.8. The first kappa shape index (κ1) is 55.0. The van der Waals surface area contributed by atoms with Gasteiger partial charge in [0, 0.05) is 17.8 Å². The third-order valence-corrected chi connectivity index (χ3v) is 5.94. The van der Waals surface area contributed by atoms with Gasteiger partial charge >= 0.3 is 66.9 Å². The monoisotopic (exact) mass is 736 g/mol. The Hall–Kier alpha value is -2.48. The van der Waals surface area contributed by atoms with E-state index in [0.29, 0.717) is 22.9 Å². The summed E-state index contributed by atoms with van der Waals surface area (Å²) in [7, 11) is -0.521. The fourth-order valence-electron chi connectivity index (χ4n) is 3.69. The molecule has 0 radical (unpaired) electrons. The van der Waals surface area contributed by atoms with Gasteiger partial charge in [0.2, 0.25) is 11.7 Å². The Labute approximate surface area is 317 Å². The van der Waals surface area contributed by atoms with Crippen LogP contribution in [0.3, 0.4) is 0 Å². The van der Waals surface area contributed by atoms with Crippen molar-refractivity contribution in [3.05, 3.63) is 36.3 Å². The molecule has 3 heterocycles. The van der Waals surface area contributed by atoms with E-state index in [-0.39, 0.29) is 121 Å². The van der Waals surface area contributed by atoms with E-state index < -0.39 is 31.9 Å². The number of pyridine rings is 1. The summed E-state index contributed by atoms with van der Waals surface area (Å²) in [6.07, 6.45) is 0.934. The first-order valence-corrected chi connectivity index (χ1v) is 13.0. The zero-order valence-corrected chi connectivity index (χ0v) is 25.9. The Morgan fingerprint density at radius 1 is 0.938 bits per heavy atom. The molecule has 266 valence electrons. The van der Waals surface area contributed by atoms with Crippen LogP contribution in [-0.2, 0) is 13.9 Å². The second-order valence-electron chi connectivity index (χ2n) is 8.67. The standard InChI is InChI=1S/C23H26FN6O9P.2Na.6H2O.2H/c1-23(2)21(31)30(11-38-40(32,33)34)20-14(39-23)6-7-17(28-20)27-19-13(24)10-25-22(29-19)26-12-8-15(35-3)18(37-5)16(9-12)36-4;;;;;;;;;;/h6-10H,11H2,1-5H3,(H2,32,33,34)(H2,25,26,27,28,29);;;6*1H2;;. The molecule has 1 aliphatic rings. The first-order valence-electron chi connectivity index (χ1n) is 11.4. The number of fused-ring (bicyclic) bond motifs is 1. The van der Waals surface area contributed by atoms with Crippen LogP contribution in [0.4, 0.5) is 33.5 Å². The second-order valence-corrected chi connectivity index (χ2v) is 9.91. The van der Waals surface area contributed by atoms with Gasteiger partial charge in [-0.15, -0.1) is 0 Å². The van der Waals surface area contributed by atoms with E-state index in [2.05, 4.69) is 30.1 Å². The van der Waals surface area contributed by atoms with E-state index >= 15 is 0 Å². The van der Waals surface area contributed by atoms with Gasteiger partial charge in [0.15, 0.2) is 40.3 Å². The number of hydrogen-bond acceptors (Lipinski definition) is 12. The summed E-state index contributed by atoms with van der Waals surface area (Å²) in [5, 5.41) is 5.64. The number of amides is 1. The van der Waals surface area contributed by atoms with E-state index in [1.807, 2.05) is 0 Å². The zero-order valence-electron chi connectivity index (χ0n) is 25.0. The predicted molar refractivity (Wildman–Crippen MR) is 175 cm³/mol. The van der Waals surface area contributed by atoms with Crippen molar-refractivity contribution in [2.45, 2.75) is 19.4 Å². The molecule has 0 fully saturated rings. The molecule has 3 aromatic rings. The van der Waals surface area contributed by atoms with Crippen LogP contribution in [0.1, 0.15) is 13.8 Å². The number of anilines is 5. The molecular weight excluding hydrogens is 696 g/mol. The third kappa shape index (κ3) is 12.8. The third-order valence-electron chi connectivity index (χ3n) is 5.49. The summed E-state index contributed by atoms with van der Waals surface area (Å²) in [4.78, 5) is 44.4. The van der Waals surface area contributed by atoms with Crippen LogP contribution in [0.25, 0.3) is 0 Å². The van der Waals surface area contributed by atoms with Gasteiger partial charge in [-0.05, 0) is 26.0 Å². The summed E-state index contributed by atoms with van der Waals surface area (Å²) in [6, 6.07) is 6.12. The van der Waals surface area contributed by atoms with Crippen LogP contribution in [-0.4, -0.2) is 156 Å². The molecule has 2 aromatic heterocycles. The number of methoxy groups -OCH3 is 3. The molecule has 21 nitrogen and oxygen atoms in total. The number of ether oxygens (including phenoxy) is 4.